The first-order chi connectivity index (χ1) is 14.9. The van der Waals surface area contributed by atoms with Crippen LogP contribution in [0.15, 0.2) is 36.5 Å². The summed E-state index contributed by atoms with van der Waals surface area (Å²) in [5.74, 6) is 1.61. The molecule has 164 valence electrons. The summed E-state index contributed by atoms with van der Waals surface area (Å²) >= 11 is 1.40. The third-order valence-electron chi connectivity index (χ3n) is 4.34. The van der Waals surface area contributed by atoms with Crippen molar-refractivity contribution in [1.82, 2.24) is 24.8 Å². The SMILES string of the molecule is Cc1nc(Nc2ncc(CC(=O)Nc3ccccc3)s2)nc(N(C)CCCN(C)C)n1. The topological polar surface area (TPSA) is 99.2 Å². The van der Waals surface area contributed by atoms with Crippen molar-refractivity contribution in [3.63, 3.8) is 0 Å². The highest BCUT2D eigenvalue weighted by atomic mass is 32.1. The van der Waals surface area contributed by atoms with Crippen LogP contribution in [0, 0.1) is 6.92 Å². The van der Waals surface area contributed by atoms with Crippen LogP contribution >= 0.6 is 11.3 Å². The number of aryl methyl sites for hydroxylation is 1. The summed E-state index contributed by atoms with van der Waals surface area (Å²) in [5, 5.41) is 6.65. The van der Waals surface area contributed by atoms with Crippen LogP contribution in [0.5, 0.6) is 0 Å². The molecule has 2 N–H and O–H groups in total. The van der Waals surface area contributed by atoms with Crippen molar-refractivity contribution in [2.24, 2.45) is 0 Å². The number of para-hydroxylation sites is 1. The van der Waals surface area contributed by atoms with Crippen LogP contribution in [0.2, 0.25) is 0 Å². The molecule has 3 aromatic rings. The van der Waals surface area contributed by atoms with Gasteiger partial charge in [0.05, 0.1) is 6.42 Å². The Morgan fingerprint density at radius 1 is 1.06 bits per heavy atom. The van der Waals surface area contributed by atoms with Crippen LogP contribution < -0.4 is 15.5 Å². The summed E-state index contributed by atoms with van der Waals surface area (Å²) in [6, 6.07) is 9.39. The summed E-state index contributed by atoms with van der Waals surface area (Å²) in [6.45, 7) is 3.68. The first-order valence-electron chi connectivity index (χ1n) is 10.0. The third-order valence-corrected chi connectivity index (χ3v) is 5.25. The lowest BCUT2D eigenvalue weighted by molar-refractivity contribution is -0.115. The lowest BCUT2D eigenvalue weighted by Gasteiger charge is -2.19. The normalized spacial score (nSPS) is 10.9. The fourth-order valence-electron chi connectivity index (χ4n) is 2.85. The molecule has 0 saturated carbocycles. The first-order valence-corrected chi connectivity index (χ1v) is 10.9. The summed E-state index contributed by atoms with van der Waals surface area (Å²) in [7, 11) is 6.09. The van der Waals surface area contributed by atoms with Crippen LogP contribution in [0.4, 0.5) is 22.7 Å². The maximum absolute atomic E-state index is 12.2. The van der Waals surface area contributed by atoms with Gasteiger partial charge in [-0.1, -0.05) is 18.2 Å². The van der Waals surface area contributed by atoms with Crippen LogP contribution in [-0.4, -0.2) is 65.0 Å². The van der Waals surface area contributed by atoms with E-state index in [1.807, 2.05) is 49.2 Å². The van der Waals surface area contributed by atoms with Crippen LogP contribution in [-0.2, 0) is 11.2 Å². The molecule has 0 fully saturated rings. The first kappa shape index (κ1) is 22.6. The number of carbonyl (C=O) groups excluding carboxylic acids is 1. The van der Waals surface area contributed by atoms with Crippen molar-refractivity contribution in [2.75, 3.05) is 49.8 Å². The predicted octanol–water partition coefficient (Wildman–Crippen LogP) is 2.95. The Balaban J connectivity index is 1.59. The maximum Gasteiger partial charge on any atom is 0.234 e. The molecular formula is C21H28N8OS. The van der Waals surface area contributed by atoms with E-state index in [9.17, 15) is 4.79 Å². The molecule has 2 aromatic heterocycles. The molecule has 0 aliphatic rings. The Morgan fingerprint density at radius 3 is 2.58 bits per heavy atom. The minimum absolute atomic E-state index is 0.0842. The molecule has 0 atom stereocenters. The number of rotatable bonds is 10. The quantitative estimate of drug-likeness (QED) is 0.496. The van der Waals surface area contributed by atoms with Gasteiger partial charge >= 0.3 is 0 Å². The Labute approximate surface area is 186 Å². The van der Waals surface area contributed by atoms with E-state index in [0.717, 1.165) is 30.1 Å². The maximum atomic E-state index is 12.2. The largest absolute Gasteiger partial charge is 0.344 e. The van der Waals surface area contributed by atoms with Gasteiger partial charge < -0.3 is 15.1 Å². The molecule has 31 heavy (non-hydrogen) atoms. The van der Waals surface area contributed by atoms with Crippen molar-refractivity contribution in [3.05, 3.63) is 47.2 Å². The minimum Gasteiger partial charge on any atom is -0.344 e. The van der Waals surface area contributed by atoms with Gasteiger partial charge in [0.15, 0.2) is 5.13 Å². The van der Waals surface area contributed by atoms with E-state index in [2.05, 4.69) is 49.6 Å². The van der Waals surface area contributed by atoms with E-state index in [0.29, 0.717) is 22.9 Å². The molecule has 3 rings (SSSR count). The van der Waals surface area contributed by atoms with Crippen LogP contribution in [0.1, 0.15) is 17.1 Å². The molecule has 0 saturated heterocycles. The van der Waals surface area contributed by atoms with E-state index < -0.39 is 0 Å². The second-order valence-corrected chi connectivity index (χ2v) is 8.55. The van der Waals surface area contributed by atoms with E-state index >= 15 is 0 Å². The highest BCUT2D eigenvalue weighted by Gasteiger charge is 2.12. The smallest absolute Gasteiger partial charge is 0.234 e. The number of thiazole rings is 1. The summed E-state index contributed by atoms with van der Waals surface area (Å²) in [6.07, 6.45) is 2.96. The molecular weight excluding hydrogens is 412 g/mol. The van der Waals surface area contributed by atoms with Crippen LogP contribution in [0.3, 0.4) is 0 Å². The van der Waals surface area contributed by atoms with Crippen molar-refractivity contribution in [2.45, 2.75) is 19.8 Å². The summed E-state index contributed by atoms with van der Waals surface area (Å²) < 4.78 is 0. The van der Waals surface area contributed by atoms with Gasteiger partial charge in [-0.2, -0.15) is 15.0 Å². The zero-order valence-corrected chi connectivity index (χ0v) is 19.1. The van der Waals surface area contributed by atoms with Gasteiger partial charge in [0.1, 0.15) is 5.82 Å². The minimum atomic E-state index is -0.0842. The summed E-state index contributed by atoms with van der Waals surface area (Å²) in [5.41, 5.74) is 0.776. The number of anilines is 4. The van der Waals surface area contributed by atoms with Gasteiger partial charge in [-0.15, -0.1) is 11.3 Å². The fourth-order valence-corrected chi connectivity index (χ4v) is 3.65. The molecule has 0 aliphatic heterocycles. The van der Waals surface area contributed by atoms with Gasteiger partial charge in [-0.3, -0.25) is 10.1 Å². The zero-order valence-electron chi connectivity index (χ0n) is 18.3. The molecule has 1 amide bonds. The van der Waals surface area contributed by atoms with E-state index in [1.165, 1.54) is 11.3 Å². The number of hydrogen-bond donors (Lipinski definition) is 2. The van der Waals surface area contributed by atoms with Gasteiger partial charge in [0.2, 0.25) is 17.8 Å². The molecule has 0 unspecified atom stereocenters. The number of hydrogen-bond acceptors (Lipinski definition) is 9. The van der Waals surface area contributed by atoms with Gasteiger partial charge in [0.25, 0.3) is 0 Å². The molecule has 2 heterocycles. The lowest BCUT2D eigenvalue weighted by Crippen LogP contribution is -2.25. The fraction of sp³-hybridized carbons (Fsp3) is 0.381. The number of carbonyl (C=O) groups is 1. The Hall–Kier alpha value is -3.11. The number of aromatic nitrogens is 4. The predicted molar refractivity (Wildman–Crippen MR) is 125 cm³/mol. The number of nitrogens with zero attached hydrogens (tertiary/aromatic N) is 6. The highest BCUT2D eigenvalue weighted by Crippen LogP contribution is 2.22. The average Bonchev–Trinajstić information content (AvgIpc) is 3.14. The Kier molecular flexibility index (Phi) is 7.85. The highest BCUT2D eigenvalue weighted by molar-refractivity contribution is 7.15. The lowest BCUT2D eigenvalue weighted by atomic mass is 10.3. The summed E-state index contributed by atoms with van der Waals surface area (Å²) in [4.78, 5) is 34.9. The van der Waals surface area contributed by atoms with E-state index in [-0.39, 0.29) is 12.3 Å². The number of nitrogens with one attached hydrogen (secondary N) is 2. The monoisotopic (exact) mass is 440 g/mol. The van der Waals surface area contributed by atoms with E-state index in [4.69, 9.17) is 0 Å². The molecule has 0 spiro atoms. The Bertz CT molecular complexity index is 992. The number of benzene rings is 1. The molecule has 1 aromatic carbocycles. The van der Waals surface area contributed by atoms with Crippen LogP contribution in [0.25, 0.3) is 0 Å². The third kappa shape index (κ3) is 7.26. The van der Waals surface area contributed by atoms with Gasteiger partial charge in [-0.25, -0.2) is 4.98 Å². The number of amides is 1. The molecule has 0 bridgehead atoms. The van der Waals surface area contributed by atoms with Crippen molar-refractivity contribution < 1.29 is 4.79 Å². The molecule has 10 heteroatoms. The average molecular weight is 441 g/mol. The molecule has 9 nitrogen and oxygen atoms in total. The molecule has 0 radical (unpaired) electrons. The van der Waals surface area contributed by atoms with Crippen molar-refractivity contribution >= 4 is 40.0 Å². The van der Waals surface area contributed by atoms with Crippen molar-refractivity contribution in [3.8, 4) is 0 Å². The Morgan fingerprint density at radius 2 is 1.84 bits per heavy atom. The second kappa shape index (κ2) is 10.8. The van der Waals surface area contributed by atoms with E-state index in [1.54, 1.807) is 6.20 Å². The van der Waals surface area contributed by atoms with Crippen molar-refractivity contribution in [1.29, 1.82) is 0 Å². The second-order valence-electron chi connectivity index (χ2n) is 7.43. The zero-order chi connectivity index (χ0) is 22.2. The van der Waals surface area contributed by atoms with Gasteiger partial charge in [-0.05, 0) is 46.1 Å². The standard InChI is InChI=1S/C21H28N8OS/c1-15-23-19(26-20(24-15)29(4)12-8-11-28(2)3)27-21-22-14-17(31-21)13-18(30)25-16-9-6-5-7-10-16/h5-7,9-10,14H,8,11-13H2,1-4H3,(H,25,30)(H,22,23,24,26,27). The van der Waals surface area contributed by atoms with Gasteiger partial charge in [0, 0.05) is 30.4 Å². The molecule has 0 aliphatic carbocycles.